The van der Waals surface area contributed by atoms with E-state index in [0.29, 0.717) is 32.0 Å². The average molecular weight is 403 g/mol. The van der Waals surface area contributed by atoms with Gasteiger partial charge in [0.25, 0.3) is 0 Å². The van der Waals surface area contributed by atoms with E-state index in [0.717, 1.165) is 77.8 Å². The zero-order valence-corrected chi connectivity index (χ0v) is 17.5. The van der Waals surface area contributed by atoms with Gasteiger partial charge < -0.3 is 14.5 Å². The third-order valence-corrected chi connectivity index (χ3v) is 7.45. The number of hydrogen-bond acceptors (Lipinski definition) is 5. The summed E-state index contributed by atoms with van der Waals surface area (Å²) in [5.41, 5.74) is -0.805. The number of nitriles is 1. The number of amides is 2. The van der Waals surface area contributed by atoms with Gasteiger partial charge in [-0.2, -0.15) is 5.26 Å². The number of piperidine rings is 1. The molecule has 0 spiro atoms. The van der Waals surface area contributed by atoms with Crippen molar-refractivity contribution in [2.75, 3.05) is 45.9 Å². The summed E-state index contributed by atoms with van der Waals surface area (Å²) in [5, 5.41) is 9.72. The summed E-state index contributed by atoms with van der Waals surface area (Å²) in [6.07, 6.45) is 8.30. The monoisotopic (exact) mass is 402 g/mol. The molecule has 0 aromatic rings. The number of hydrogen-bond donors (Lipinski definition) is 0. The molecule has 1 aliphatic carbocycles. The average Bonchev–Trinajstić information content (AvgIpc) is 2.80. The minimum atomic E-state index is -0.805. The molecule has 0 radical (unpaired) electrons. The number of likely N-dealkylation sites (tertiary alicyclic amines) is 1. The molecule has 0 bridgehead atoms. The minimum Gasteiger partial charge on any atom is -0.381 e. The Morgan fingerprint density at radius 1 is 0.966 bits per heavy atom. The largest absolute Gasteiger partial charge is 0.381 e. The molecule has 1 saturated carbocycles. The van der Waals surface area contributed by atoms with Crippen molar-refractivity contribution >= 4 is 11.8 Å². The number of rotatable bonds is 3. The first kappa shape index (κ1) is 20.6. The van der Waals surface area contributed by atoms with Crippen LogP contribution in [0.3, 0.4) is 0 Å². The zero-order valence-electron chi connectivity index (χ0n) is 17.5. The first-order valence-corrected chi connectivity index (χ1v) is 11.5. The molecule has 2 amide bonds. The van der Waals surface area contributed by atoms with Crippen LogP contribution in [0, 0.1) is 16.7 Å². The van der Waals surface area contributed by atoms with Gasteiger partial charge >= 0.3 is 0 Å². The molecular formula is C22H34N4O3. The molecule has 0 unspecified atom stereocenters. The Morgan fingerprint density at radius 3 is 2.31 bits per heavy atom. The van der Waals surface area contributed by atoms with Crippen molar-refractivity contribution < 1.29 is 14.3 Å². The first-order chi connectivity index (χ1) is 14.1. The van der Waals surface area contributed by atoms with Crippen molar-refractivity contribution in [3.63, 3.8) is 0 Å². The fourth-order valence-corrected chi connectivity index (χ4v) is 5.65. The van der Waals surface area contributed by atoms with Crippen molar-refractivity contribution in [3.8, 4) is 6.07 Å². The second-order valence-electron chi connectivity index (χ2n) is 9.12. The molecule has 1 atom stereocenters. The van der Waals surface area contributed by atoms with Crippen LogP contribution in [0.5, 0.6) is 0 Å². The van der Waals surface area contributed by atoms with E-state index in [-0.39, 0.29) is 17.9 Å². The highest BCUT2D eigenvalue weighted by Gasteiger charge is 2.44. The molecule has 7 nitrogen and oxygen atoms in total. The van der Waals surface area contributed by atoms with Gasteiger partial charge in [-0.05, 0) is 38.5 Å². The van der Waals surface area contributed by atoms with Gasteiger partial charge in [-0.25, -0.2) is 0 Å². The number of nitrogens with zero attached hydrogens (tertiary/aromatic N) is 4. The molecule has 3 aliphatic heterocycles. The first-order valence-electron chi connectivity index (χ1n) is 11.5. The van der Waals surface area contributed by atoms with Crippen molar-refractivity contribution in [1.82, 2.24) is 14.7 Å². The Kier molecular flexibility index (Phi) is 6.41. The van der Waals surface area contributed by atoms with E-state index in [2.05, 4.69) is 15.9 Å². The van der Waals surface area contributed by atoms with Crippen LogP contribution in [0.4, 0.5) is 0 Å². The number of ether oxygens (including phenoxy) is 1. The summed E-state index contributed by atoms with van der Waals surface area (Å²) in [6, 6.07) is 2.63. The van der Waals surface area contributed by atoms with Crippen molar-refractivity contribution in [2.45, 2.75) is 69.9 Å². The van der Waals surface area contributed by atoms with Crippen LogP contribution in [0.15, 0.2) is 0 Å². The Morgan fingerprint density at radius 2 is 1.66 bits per heavy atom. The van der Waals surface area contributed by atoms with E-state index in [1.165, 1.54) is 0 Å². The smallest absolute Gasteiger partial charge is 0.243 e. The maximum absolute atomic E-state index is 13.2. The Labute approximate surface area is 173 Å². The third-order valence-electron chi connectivity index (χ3n) is 7.45. The summed E-state index contributed by atoms with van der Waals surface area (Å²) >= 11 is 0. The molecule has 4 fully saturated rings. The van der Waals surface area contributed by atoms with Gasteiger partial charge in [-0.1, -0.05) is 19.3 Å². The lowest BCUT2D eigenvalue weighted by Gasteiger charge is -2.46. The second-order valence-corrected chi connectivity index (χ2v) is 9.12. The van der Waals surface area contributed by atoms with Gasteiger partial charge in [0.2, 0.25) is 11.8 Å². The fourth-order valence-electron chi connectivity index (χ4n) is 5.65. The van der Waals surface area contributed by atoms with Crippen molar-refractivity contribution in [3.05, 3.63) is 0 Å². The van der Waals surface area contributed by atoms with Gasteiger partial charge in [0, 0.05) is 52.0 Å². The molecule has 160 valence electrons. The normalized spacial score (nSPS) is 29.5. The van der Waals surface area contributed by atoms with Crippen molar-refractivity contribution in [2.24, 2.45) is 5.41 Å². The van der Waals surface area contributed by atoms with Crippen LogP contribution < -0.4 is 0 Å². The third kappa shape index (κ3) is 4.15. The summed E-state index contributed by atoms with van der Waals surface area (Å²) in [6.45, 7) is 5.08. The zero-order chi connectivity index (χ0) is 20.3. The molecule has 3 heterocycles. The summed E-state index contributed by atoms with van der Waals surface area (Å²) < 4.78 is 5.46. The molecule has 0 aromatic heterocycles. The number of carbonyl (C=O) groups is 2. The van der Waals surface area contributed by atoms with E-state index in [1.807, 2.05) is 4.90 Å². The highest BCUT2D eigenvalue weighted by Crippen LogP contribution is 2.37. The van der Waals surface area contributed by atoms with Crippen molar-refractivity contribution in [1.29, 1.82) is 5.26 Å². The van der Waals surface area contributed by atoms with Crippen LogP contribution >= 0.6 is 0 Å². The number of piperazine rings is 1. The standard InChI is InChI=1S/C22H34N4O3/c23-17-22(8-2-1-3-9-22)21(28)25-13-11-24(12-14-25)19-5-4-10-26(20(19)27)18-6-15-29-16-7-18/h18-19H,1-16H2/t19-/m1/s1. The van der Waals surface area contributed by atoms with E-state index in [4.69, 9.17) is 4.74 Å². The van der Waals surface area contributed by atoms with Crippen LogP contribution in [0.25, 0.3) is 0 Å². The lowest BCUT2D eigenvalue weighted by atomic mass is 9.74. The SMILES string of the molecule is N#CC1(C(=O)N2CCN([C@@H]3CCCN(C4CCOCC4)C3=O)CC2)CCCCC1. The molecule has 3 saturated heterocycles. The maximum Gasteiger partial charge on any atom is 0.243 e. The van der Waals surface area contributed by atoms with E-state index < -0.39 is 5.41 Å². The van der Waals surface area contributed by atoms with Crippen LogP contribution in [0.2, 0.25) is 0 Å². The Bertz CT molecular complexity index is 641. The van der Waals surface area contributed by atoms with Gasteiger partial charge in [0.15, 0.2) is 0 Å². The molecule has 0 aromatic carbocycles. The predicted molar refractivity (Wildman–Crippen MR) is 108 cm³/mol. The molecule has 29 heavy (non-hydrogen) atoms. The summed E-state index contributed by atoms with van der Waals surface area (Å²) in [7, 11) is 0. The summed E-state index contributed by atoms with van der Waals surface area (Å²) in [4.78, 5) is 32.6. The molecule has 7 heteroatoms. The molecule has 0 N–H and O–H groups in total. The van der Waals surface area contributed by atoms with Gasteiger partial charge in [-0.15, -0.1) is 0 Å². The second kappa shape index (κ2) is 9.01. The highest BCUT2D eigenvalue weighted by molar-refractivity contribution is 5.86. The Hall–Kier alpha value is -1.65. The van der Waals surface area contributed by atoms with E-state index in [9.17, 15) is 14.9 Å². The quantitative estimate of drug-likeness (QED) is 0.719. The van der Waals surface area contributed by atoms with Gasteiger partial charge in [0.05, 0.1) is 12.1 Å². The summed E-state index contributed by atoms with van der Waals surface area (Å²) in [5.74, 6) is 0.293. The van der Waals surface area contributed by atoms with Crippen LogP contribution in [0.1, 0.15) is 57.8 Å². The van der Waals surface area contributed by atoms with Gasteiger partial charge in [-0.3, -0.25) is 14.5 Å². The number of carbonyl (C=O) groups excluding carboxylic acids is 2. The fraction of sp³-hybridized carbons (Fsp3) is 0.864. The maximum atomic E-state index is 13.2. The molecular weight excluding hydrogens is 368 g/mol. The van der Waals surface area contributed by atoms with Crippen LogP contribution in [-0.2, 0) is 14.3 Å². The lowest BCUT2D eigenvalue weighted by molar-refractivity contribution is -0.148. The lowest BCUT2D eigenvalue weighted by Crippen LogP contribution is -2.61. The predicted octanol–water partition coefficient (Wildman–Crippen LogP) is 1.77. The van der Waals surface area contributed by atoms with Gasteiger partial charge in [0.1, 0.15) is 5.41 Å². The topological polar surface area (TPSA) is 76.9 Å². The van der Waals surface area contributed by atoms with Crippen LogP contribution in [-0.4, -0.2) is 84.5 Å². The van der Waals surface area contributed by atoms with E-state index in [1.54, 1.807) is 0 Å². The van der Waals surface area contributed by atoms with E-state index >= 15 is 0 Å². The Balaban J connectivity index is 1.34. The molecule has 4 aliphatic rings. The highest BCUT2D eigenvalue weighted by atomic mass is 16.5. The minimum absolute atomic E-state index is 0.0261. The molecule has 4 rings (SSSR count).